The number of carbonyl (C=O) groups excluding carboxylic acids is 1. The summed E-state index contributed by atoms with van der Waals surface area (Å²) in [5.74, 6) is 0.322. The number of halogens is 4. The number of thioether (sulfide) groups is 1. The van der Waals surface area contributed by atoms with Crippen molar-refractivity contribution in [2.45, 2.75) is 43.3 Å². The van der Waals surface area contributed by atoms with Crippen LogP contribution in [0.5, 0.6) is 0 Å². The fraction of sp³-hybridized carbons (Fsp3) is 0.615. The monoisotopic (exact) mass is 537 g/mol. The Hall–Kier alpha value is 1.25. The number of amides is 1. The molecule has 2 heterocycles. The van der Waals surface area contributed by atoms with Crippen molar-refractivity contribution in [3.05, 3.63) is 17.6 Å². The van der Waals surface area contributed by atoms with Gasteiger partial charge in [-0.3, -0.25) is 4.79 Å². The molecule has 0 saturated carbocycles. The number of rotatable bonds is 2. The van der Waals surface area contributed by atoms with Gasteiger partial charge in [0.25, 0.3) is 5.91 Å². The lowest BCUT2D eigenvalue weighted by molar-refractivity contribution is 0.0696. The number of nitrogens with zero attached hydrogens (tertiary/aromatic N) is 1. The third-order valence-electron chi connectivity index (χ3n) is 3.27. The van der Waals surface area contributed by atoms with Crippen LogP contribution in [0.3, 0.4) is 0 Å². The highest BCUT2D eigenvalue weighted by Crippen LogP contribution is 2.50. The average Bonchev–Trinajstić information content (AvgIpc) is 2.78. The van der Waals surface area contributed by atoms with Crippen LogP contribution in [0.1, 0.15) is 37.4 Å². The fourth-order valence-electron chi connectivity index (χ4n) is 2.18. The highest BCUT2D eigenvalue weighted by molar-refractivity contribution is 9.14. The van der Waals surface area contributed by atoms with Gasteiger partial charge in [-0.2, -0.15) is 0 Å². The summed E-state index contributed by atoms with van der Waals surface area (Å²) in [6.45, 7) is 8.43. The van der Waals surface area contributed by atoms with Crippen molar-refractivity contribution in [3.63, 3.8) is 0 Å². The topological polar surface area (TPSA) is 20.3 Å². The van der Waals surface area contributed by atoms with Crippen LogP contribution in [0.2, 0.25) is 0 Å². The second-order valence-corrected chi connectivity index (χ2v) is 11.8. The molecular formula is C13H15Br3ClNOS2. The molecule has 0 radical (unpaired) electrons. The van der Waals surface area contributed by atoms with Crippen molar-refractivity contribution < 1.29 is 4.79 Å². The molecule has 1 aliphatic rings. The van der Waals surface area contributed by atoms with Gasteiger partial charge in [0.2, 0.25) is 0 Å². The Morgan fingerprint density at radius 2 is 1.86 bits per heavy atom. The van der Waals surface area contributed by atoms with Gasteiger partial charge in [-0.05, 0) is 67.6 Å². The summed E-state index contributed by atoms with van der Waals surface area (Å²) in [6.07, 6.45) is 0. The maximum atomic E-state index is 13.0. The molecule has 1 aromatic heterocycles. The quantitative estimate of drug-likeness (QED) is 0.313. The van der Waals surface area contributed by atoms with Gasteiger partial charge in [0, 0.05) is 4.75 Å². The predicted molar refractivity (Wildman–Crippen MR) is 104 cm³/mol. The lowest BCUT2D eigenvalue weighted by Gasteiger charge is -2.29. The van der Waals surface area contributed by atoms with E-state index in [1.54, 1.807) is 11.8 Å². The Morgan fingerprint density at radius 3 is 2.29 bits per heavy atom. The van der Waals surface area contributed by atoms with Crippen LogP contribution in [0, 0.1) is 5.92 Å². The minimum absolute atomic E-state index is 0.0185. The molecule has 1 aromatic rings. The number of thiophene rings is 1. The van der Waals surface area contributed by atoms with E-state index in [0.717, 1.165) is 12.7 Å². The summed E-state index contributed by atoms with van der Waals surface area (Å²) in [7, 11) is 0. The van der Waals surface area contributed by atoms with E-state index in [9.17, 15) is 4.79 Å². The number of carbonyl (C=O) groups is 1. The molecule has 0 N–H and O–H groups in total. The smallest absolute Gasteiger partial charge is 0.267 e. The van der Waals surface area contributed by atoms with E-state index in [2.05, 4.69) is 75.5 Å². The average molecular weight is 541 g/mol. The molecule has 2 rings (SSSR count). The van der Waals surface area contributed by atoms with E-state index < -0.39 is 0 Å². The highest BCUT2D eigenvalue weighted by atomic mass is 79.9. The minimum Gasteiger partial charge on any atom is -0.308 e. The molecule has 2 atom stereocenters. The van der Waals surface area contributed by atoms with Crippen molar-refractivity contribution in [1.29, 1.82) is 0 Å². The first-order valence-corrected chi connectivity index (χ1v) is 10.9. The van der Waals surface area contributed by atoms with E-state index in [-0.39, 0.29) is 21.5 Å². The second kappa shape index (κ2) is 6.63. The van der Waals surface area contributed by atoms with Gasteiger partial charge in [-0.25, -0.2) is 0 Å². The Morgan fingerprint density at radius 1 is 1.29 bits per heavy atom. The van der Waals surface area contributed by atoms with Crippen LogP contribution in [0.4, 0.5) is 0 Å². The van der Waals surface area contributed by atoms with E-state index in [0.29, 0.717) is 10.8 Å². The van der Waals surface area contributed by atoms with Gasteiger partial charge in [-0.15, -0.1) is 23.1 Å². The van der Waals surface area contributed by atoms with Crippen molar-refractivity contribution in [1.82, 2.24) is 4.90 Å². The van der Waals surface area contributed by atoms with E-state index in [1.807, 2.05) is 4.90 Å². The molecule has 0 bridgehead atoms. The highest BCUT2D eigenvalue weighted by Gasteiger charge is 2.50. The third-order valence-corrected chi connectivity index (χ3v) is 11.0. The first-order chi connectivity index (χ1) is 9.58. The molecule has 1 fully saturated rings. The summed E-state index contributed by atoms with van der Waals surface area (Å²) >= 11 is 20.2. The standard InChI is InChI=1S/C13H15Br3ClNOS2/c1-5(2)11-18(12(17)13(3,4)21-11)10(19)8-6(14)7(15)9(16)20-8/h5,11-12H,1-4H3. The summed E-state index contributed by atoms with van der Waals surface area (Å²) in [5.41, 5.74) is -0.325. The minimum atomic E-state index is -0.325. The molecule has 1 saturated heterocycles. The van der Waals surface area contributed by atoms with Crippen LogP contribution in [0.25, 0.3) is 0 Å². The van der Waals surface area contributed by atoms with E-state index >= 15 is 0 Å². The lowest BCUT2D eigenvalue weighted by atomic mass is 10.1. The maximum absolute atomic E-state index is 13.0. The van der Waals surface area contributed by atoms with Gasteiger partial charge in [-0.1, -0.05) is 25.4 Å². The molecule has 0 aliphatic carbocycles. The maximum Gasteiger partial charge on any atom is 0.267 e. The van der Waals surface area contributed by atoms with Gasteiger partial charge in [0.1, 0.15) is 10.4 Å². The Kier molecular flexibility index (Phi) is 5.87. The number of alkyl halides is 1. The molecule has 0 aromatic carbocycles. The predicted octanol–water partition coefficient (Wildman–Crippen LogP) is 6.55. The SMILES string of the molecule is CC(C)C1SC(C)(C)C(Cl)N1C(=O)c1sc(Br)c(Br)c1Br. The molecular weight excluding hydrogens is 525 g/mol. The molecule has 1 aliphatic heterocycles. The molecule has 1 amide bonds. The van der Waals surface area contributed by atoms with Gasteiger partial charge >= 0.3 is 0 Å². The van der Waals surface area contributed by atoms with Gasteiger partial charge in [0.15, 0.2) is 0 Å². The zero-order valence-corrected chi connectivity index (χ0v) is 19.1. The first kappa shape index (κ1) is 18.6. The second-order valence-electron chi connectivity index (χ2n) is 5.74. The summed E-state index contributed by atoms with van der Waals surface area (Å²) < 4.78 is 2.39. The van der Waals surface area contributed by atoms with Gasteiger partial charge in [0.05, 0.1) is 18.1 Å². The molecule has 2 nitrogen and oxygen atoms in total. The summed E-state index contributed by atoms with van der Waals surface area (Å²) in [5, 5.41) is 0.0848. The van der Waals surface area contributed by atoms with Crippen molar-refractivity contribution in [2.24, 2.45) is 5.92 Å². The van der Waals surface area contributed by atoms with Crippen LogP contribution in [-0.2, 0) is 0 Å². The third kappa shape index (κ3) is 3.38. The Balaban J connectivity index is 2.42. The van der Waals surface area contributed by atoms with E-state index in [1.165, 1.54) is 11.3 Å². The number of hydrogen-bond donors (Lipinski definition) is 0. The summed E-state index contributed by atoms with van der Waals surface area (Å²) in [6, 6.07) is 0. The van der Waals surface area contributed by atoms with Crippen LogP contribution < -0.4 is 0 Å². The fourth-order valence-corrected chi connectivity index (χ4v) is 7.09. The Bertz CT molecular complexity index is 576. The number of hydrogen-bond acceptors (Lipinski definition) is 3. The van der Waals surface area contributed by atoms with E-state index in [4.69, 9.17) is 11.6 Å². The summed E-state index contributed by atoms with van der Waals surface area (Å²) in [4.78, 5) is 15.5. The Labute approximate surface area is 163 Å². The van der Waals surface area contributed by atoms with Crippen molar-refractivity contribution in [2.75, 3.05) is 0 Å². The zero-order chi connectivity index (χ0) is 16.1. The molecule has 8 heteroatoms. The van der Waals surface area contributed by atoms with Gasteiger partial charge < -0.3 is 4.90 Å². The van der Waals surface area contributed by atoms with Crippen molar-refractivity contribution in [3.8, 4) is 0 Å². The normalized spacial score (nSPS) is 24.9. The largest absolute Gasteiger partial charge is 0.308 e. The first-order valence-electron chi connectivity index (χ1n) is 6.35. The molecule has 21 heavy (non-hydrogen) atoms. The van der Waals surface area contributed by atoms with Crippen molar-refractivity contribution >= 4 is 88.4 Å². The molecule has 118 valence electrons. The molecule has 0 spiro atoms. The van der Waals surface area contributed by atoms with Crippen LogP contribution >= 0.6 is 82.5 Å². The van der Waals surface area contributed by atoms with Crippen LogP contribution in [-0.4, -0.2) is 26.4 Å². The van der Waals surface area contributed by atoms with Crippen LogP contribution in [0.15, 0.2) is 12.7 Å². The molecule has 2 unspecified atom stereocenters. The zero-order valence-electron chi connectivity index (χ0n) is 11.9. The lowest BCUT2D eigenvalue weighted by Crippen LogP contribution is -2.43.